The van der Waals surface area contributed by atoms with Gasteiger partial charge in [-0.05, 0) is 0 Å². The molecule has 8 nitrogen and oxygen atoms in total. The van der Waals surface area contributed by atoms with Crippen LogP contribution in [0, 0.1) is 0 Å². The van der Waals surface area contributed by atoms with Crippen LogP contribution in [0.2, 0.25) is 0 Å². The normalized spacial score (nSPS) is 12.5. The molecular formula is C4H13N5O3. The Bertz CT molecular complexity index is 151. The molecule has 0 saturated carbocycles. The van der Waals surface area contributed by atoms with Crippen LogP contribution in [0.4, 0.5) is 4.79 Å². The number of rotatable bonds is 2. The van der Waals surface area contributed by atoms with Gasteiger partial charge in [-0.25, -0.2) is 4.79 Å². The summed E-state index contributed by atoms with van der Waals surface area (Å²) >= 11 is 0. The average Bonchev–Trinajstić information content (AvgIpc) is 1.49. The molecule has 72 valence electrons. The Morgan fingerprint density at radius 3 is 1.75 bits per heavy atom. The largest absolute Gasteiger partial charge is 0.514 e. The Kier molecular flexibility index (Phi) is 2.96. The fourth-order valence-corrected chi connectivity index (χ4v) is 0.345. The zero-order chi connectivity index (χ0) is 9.99. The summed E-state index contributed by atoms with van der Waals surface area (Å²) in [4.78, 5) is 10.6. The summed E-state index contributed by atoms with van der Waals surface area (Å²) in [7, 11) is 0. The van der Waals surface area contributed by atoms with E-state index in [1.54, 1.807) is 0 Å². The quantitative estimate of drug-likeness (QED) is 0.224. The third-order valence-electron chi connectivity index (χ3n) is 0.563. The molecule has 0 aliphatic heterocycles. The van der Waals surface area contributed by atoms with Crippen LogP contribution in [0.15, 0.2) is 0 Å². The van der Waals surface area contributed by atoms with Gasteiger partial charge >= 0.3 is 6.16 Å². The minimum atomic E-state index is -2.09. The number of carbonyl (C=O) groups is 1. The molecule has 0 radical (unpaired) electrons. The van der Waals surface area contributed by atoms with Crippen molar-refractivity contribution in [3.8, 4) is 0 Å². The van der Waals surface area contributed by atoms with Crippen molar-refractivity contribution >= 4 is 6.16 Å². The highest BCUT2D eigenvalue weighted by Gasteiger charge is 2.24. The Morgan fingerprint density at radius 2 is 1.50 bits per heavy atom. The van der Waals surface area contributed by atoms with E-state index in [1.807, 2.05) is 0 Å². The number of carbonyl (C=O) groups excluding carboxylic acids is 1. The molecule has 0 atom stereocenters. The van der Waals surface area contributed by atoms with Crippen LogP contribution in [0.3, 0.4) is 0 Å². The van der Waals surface area contributed by atoms with Crippen molar-refractivity contribution in [2.75, 3.05) is 0 Å². The number of hydrogen-bond donors (Lipinski definition) is 5. The maximum atomic E-state index is 10.6. The summed E-state index contributed by atoms with van der Waals surface area (Å²) in [5, 5.41) is 0. The second-order valence-corrected chi connectivity index (χ2v) is 2.49. The van der Waals surface area contributed by atoms with Crippen molar-refractivity contribution in [2.45, 2.75) is 18.7 Å². The Hall–Kier alpha value is -0.930. The van der Waals surface area contributed by atoms with Crippen molar-refractivity contribution in [1.29, 1.82) is 0 Å². The van der Waals surface area contributed by atoms with Gasteiger partial charge in [0.1, 0.15) is 0 Å². The van der Waals surface area contributed by atoms with Crippen LogP contribution >= 0.6 is 0 Å². The van der Waals surface area contributed by atoms with Gasteiger partial charge in [0, 0.05) is 6.92 Å². The van der Waals surface area contributed by atoms with E-state index in [0.717, 1.165) is 0 Å². The minimum absolute atomic E-state index is 1.24. The maximum Gasteiger partial charge on any atom is 0.514 e. The van der Waals surface area contributed by atoms with Crippen LogP contribution in [-0.4, -0.2) is 18.0 Å². The predicted molar refractivity (Wildman–Crippen MR) is 39.6 cm³/mol. The molecule has 0 heterocycles. The van der Waals surface area contributed by atoms with E-state index in [9.17, 15) is 4.79 Å². The summed E-state index contributed by atoms with van der Waals surface area (Å²) in [6, 6.07) is 0. The Balaban J connectivity index is 3.92. The lowest BCUT2D eigenvalue weighted by Crippen LogP contribution is -2.62. The third kappa shape index (κ3) is 7.18. The molecule has 12 heavy (non-hydrogen) atoms. The molecule has 0 fully saturated rings. The smallest absolute Gasteiger partial charge is 0.400 e. The van der Waals surface area contributed by atoms with E-state index in [0.29, 0.717) is 0 Å². The molecule has 0 aromatic rings. The fourth-order valence-electron chi connectivity index (χ4n) is 0.345. The van der Waals surface area contributed by atoms with Gasteiger partial charge in [-0.2, -0.15) is 0 Å². The van der Waals surface area contributed by atoms with E-state index >= 15 is 0 Å². The molecule has 0 aliphatic rings. The molecule has 0 aromatic carbocycles. The van der Waals surface area contributed by atoms with Gasteiger partial charge in [0.2, 0.25) is 5.85 Å². The summed E-state index contributed by atoms with van der Waals surface area (Å²) in [6.07, 6.45) is -1.24. The lowest BCUT2D eigenvalue weighted by atomic mass is 10.5. The van der Waals surface area contributed by atoms with Crippen LogP contribution in [0.1, 0.15) is 6.92 Å². The molecule has 0 amide bonds. The molecular weight excluding hydrogens is 166 g/mol. The van der Waals surface area contributed by atoms with Crippen molar-refractivity contribution in [3.05, 3.63) is 0 Å². The van der Waals surface area contributed by atoms with Crippen molar-refractivity contribution in [1.82, 2.24) is 0 Å². The minimum Gasteiger partial charge on any atom is -0.400 e. The van der Waals surface area contributed by atoms with Gasteiger partial charge in [0.15, 0.2) is 0 Å². The van der Waals surface area contributed by atoms with Gasteiger partial charge in [0.05, 0.1) is 0 Å². The standard InChI is InChI=1S/C4H13N5O3/c1-3(5,6)11-2(10)12-4(7,8)9/h5-9H2,1H3. The number of nitrogens with two attached hydrogens (primary N) is 5. The van der Waals surface area contributed by atoms with Crippen LogP contribution in [0.5, 0.6) is 0 Å². The highest BCUT2D eigenvalue weighted by molar-refractivity contribution is 5.60. The predicted octanol–water partition coefficient (Wildman–Crippen LogP) is -2.78. The van der Waals surface area contributed by atoms with E-state index in [2.05, 4.69) is 9.47 Å². The van der Waals surface area contributed by atoms with Crippen LogP contribution in [0.25, 0.3) is 0 Å². The topological polar surface area (TPSA) is 166 Å². The molecule has 0 aliphatic carbocycles. The molecule has 0 saturated heterocycles. The van der Waals surface area contributed by atoms with Gasteiger partial charge in [-0.3, -0.25) is 28.7 Å². The maximum absolute atomic E-state index is 10.6. The van der Waals surface area contributed by atoms with Gasteiger partial charge < -0.3 is 9.47 Å². The first-order valence-corrected chi connectivity index (χ1v) is 2.96. The molecule has 10 N–H and O–H groups in total. The highest BCUT2D eigenvalue weighted by atomic mass is 16.8. The Morgan fingerprint density at radius 1 is 1.08 bits per heavy atom. The van der Waals surface area contributed by atoms with Gasteiger partial charge in [0.25, 0.3) is 5.97 Å². The molecule has 8 heteroatoms. The lowest BCUT2D eigenvalue weighted by Gasteiger charge is -2.22. The second kappa shape index (κ2) is 3.21. The molecule has 0 aromatic heterocycles. The highest BCUT2D eigenvalue weighted by Crippen LogP contribution is 1.96. The van der Waals surface area contributed by atoms with E-state index in [1.165, 1.54) is 6.92 Å². The second-order valence-electron chi connectivity index (χ2n) is 2.49. The van der Waals surface area contributed by atoms with Gasteiger partial charge in [-0.15, -0.1) is 0 Å². The Labute approximate surface area is 68.9 Å². The van der Waals surface area contributed by atoms with Crippen molar-refractivity contribution < 1.29 is 14.3 Å². The average molecular weight is 179 g/mol. The zero-order valence-electron chi connectivity index (χ0n) is 6.61. The van der Waals surface area contributed by atoms with E-state index in [-0.39, 0.29) is 0 Å². The summed E-state index contributed by atoms with van der Waals surface area (Å²) in [5.41, 5.74) is 24.9. The summed E-state index contributed by atoms with van der Waals surface area (Å²) in [6.45, 7) is 1.24. The zero-order valence-corrected chi connectivity index (χ0v) is 6.61. The van der Waals surface area contributed by atoms with Crippen LogP contribution < -0.4 is 28.7 Å². The molecule has 0 rings (SSSR count). The first-order chi connectivity index (χ1) is 5.10. The first-order valence-electron chi connectivity index (χ1n) is 2.96. The molecule has 0 spiro atoms. The first kappa shape index (κ1) is 11.1. The summed E-state index contributed by atoms with van der Waals surface area (Å²) in [5.74, 6) is -3.75. The number of hydrogen-bond acceptors (Lipinski definition) is 8. The van der Waals surface area contributed by atoms with E-state index < -0.39 is 18.0 Å². The monoisotopic (exact) mass is 179 g/mol. The fraction of sp³-hybridized carbons (Fsp3) is 0.750. The van der Waals surface area contributed by atoms with Crippen molar-refractivity contribution in [3.63, 3.8) is 0 Å². The lowest BCUT2D eigenvalue weighted by molar-refractivity contribution is -0.0668. The SMILES string of the molecule is CC(N)(N)OC(=O)OC(N)(N)N. The van der Waals surface area contributed by atoms with Crippen molar-refractivity contribution in [2.24, 2.45) is 28.7 Å². The van der Waals surface area contributed by atoms with Crippen LogP contribution in [-0.2, 0) is 9.47 Å². The van der Waals surface area contributed by atoms with E-state index in [4.69, 9.17) is 28.7 Å². The third-order valence-corrected chi connectivity index (χ3v) is 0.563. The molecule has 0 bridgehead atoms. The molecule has 0 unspecified atom stereocenters. The number of ether oxygens (including phenoxy) is 2. The summed E-state index contributed by atoms with van der Waals surface area (Å²) < 4.78 is 8.39. The van der Waals surface area contributed by atoms with Gasteiger partial charge in [-0.1, -0.05) is 0 Å².